The average Bonchev–Trinajstić information content (AvgIpc) is 2.83. The van der Waals surface area contributed by atoms with Crippen LogP contribution in [0.3, 0.4) is 0 Å². The Hall–Kier alpha value is -1.18. The summed E-state index contributed by atoms with van der Waals surface area (Å²) in [5.74, 6) is -1.72. The molecule has 0 bridgehead atoms. The number of carboxylic acids is 1. The molecule has 1 saturated heterocycles. The van der Waals surface area contributed by atoms with Crippen LogP contribution in [0.15, 0.2) is 18.2 Å². The zero-order valence-corrected chi connectivity index (χ0v) is 13.2. The number of hydrogen-bond acceptors (Lipinski definition) is 2. The Morgan fingerprint density at radius 3 is 2.75 bits per heavy atom. The summed E-state index contributed by atoms with van der Waals surface area (Å²) < 4.78 is 13.6. The second-order valence-corrected chi connectivity index (χ2v) is 6.04. The van der Waals surface area contributed by atoms with E-state index < -0.39 is 17.3 Å². The van der Waals surface area contributed by atoms with Gasteiger partial charge in [0.15, 0.2) is 0 Å². The molecule has 0 radical (unpaired) electrons. The molecule has 6 heteroatoms. The van der Waals surface area contributed by atoms with Crippen LogP contribution in [0.2, 0.25) is 0 Å². The first-order valence-electron chi connectivity index (χ1n) is 6.43. The third-order valence-corrected chi connectivity index (χ3v) is 4.77. The highest BCUT2D eigenvalue weighted by molar-refractivity contribution is 14.1. The maximum absolute atomic E-state index is 13.1. The molecule has 1 amide bonds. The number of hydrogen-bond donors (Lipinski definition) is 1. The van der Waals surface area contributed by atoms with Gasteiger partial charge in [-0.15, -0.1) is 0 Å². The minimum absolute atomic E-state index is 0.337. The van der Waals surface area contributed by atoms with E-state index in [9.17, 15) is 19.1 Å². The molecular weight excluding hydrogens is 376 g/mol. The minimum Gasteiger partial charge on any atom is -0.479 e. The van der Waals surface area contributed by atoms with Gasteiger partial charge in [-0.05, 0) is 60.1 Å². The quantitative estimate of drug-likeness (QED) is 0.807. The third kappa shape index (κ3) is 2.41. The molecule has 1 aliphatic rings. The van der Waals surface area contributed by atoms with Crippen molar-refractivity contribution in [1.82, 2.24) is 4.90 Å². The van der Waals surface area contributed by atoms with Crippen LogP contribution in [0.25, 0.3) is 0 Å². The zero-order chi connectivity index (χ0) is 14.9. The maximum atomic E-state index is 13.1. The molecule has 1 atom stereocenters. The summed E-state index contributed by atoms with van der Waals surface area (Å²) in [7, 11) is 0. The lowest BCUT2D eigenvalue weighted by atomic mass is 9.92. The van der Waals surface area contributed by atoms with Crippen molar-refractivity contribution in [3.8, 4) is 0 Å². The summed E-state index contributed by atoms with van der Waals surface area (Å²) in [6, 6.07) is 3.91. The van der Waals surface area contributed by atoms with Gasteiger partial charge in [-0.2, -0.15) is 0 Å². The van der Waals surface area contributed by atoms with Crippen molar-refractivity contribution >= 4 is 34.5 Å². The first-order chi connectivity index (χ1) is 9.42. The van der Waals surface area contributed by atoms with Crippen LogP contribution in [0.5, 0.6) is 0 Å². The van der Waals surface area contributed by atoms with E-state index in [1.54, 1.807) is 6.92 Å². The highest BCUT2D eigenvalue weighted by Crippen LogP contribution is 2.34. The van der Waals surface area contributed by atoms with Crippen molar-refractivity contribution in [1.29, 1.82) is 0 Å². The van der Waals surface area contributed by atoms with Crippen LogP contribution in [-0.4, -0.2) is 34.0 Å². The van der Waals surface area contributed by atoms with Gasteiger partial charge in [0.25, 0.3) is 5.91 Å². The molecule has 1 N–H and O–H groups in total. The van der Waals surface area contributed by atoms with Gasteiger partial charge in [0.1, 0.15) is 11.4 Å². The normalized spacial score (nSPS) is 22.1. The lowest BCUT2D eigenvalue weighted by molar-refractivity contribution is -0.148. The average molecular weight is 391 g/mol. The van der Waals surface area contributed by atoms with Crippen molar-refractivity contribution in [2.24, 2.45) is 0 Å². The van der Waals surface area contributed by atoms with Crippen LogP contribution in [0.1, 0.15) is 36.5 Å². The van der Waals surface area contributed by atoms with Crippen molar-refractivity contribution in [3.63, 3.8) is 0 Å². The van der Waals surface area contributed by atoms with E-state index in [1.165, 1.54) is 23.1 Å². The van der Waals surface area contributed by atoms with Crippen molar-refractivity contribution < 1.29 is 19.1 Å². The van der Waals surface area contributed by atoms with Gasteiger partial charge in [0.2, 0.25) is 0 Å². The molecule has 1 aromatic carbocycles. The van der Waals surface area contributed by atoms with Crippen molar-refractivity contribution in [3.05, 3.63) is 33.1 Å². The van der Waals surface area contributed by atoms with Crippen LogP contribution < -0.4 is 0 Å². The molecule has 1 aromatic rings. The SMILES string of the molecule is CCC1(C(=O)O)CCCN1C(=O)c1ccc(F)cc1I. The summed E-state index contributed by atoms with van der Waals surface area (Å²) in [6.45, 7) is 2.20. The van der Waals surface area contributed by atoms with Crippen molar-refractivity contribution in [2.45, 2.75) is 31.7 Å². The molecule has 0 spiro atoms. The van der Waals surface area contributed by atoms with E-state index in [2.05, 4.69) is 0 Å². The fourth-order valence-electron chi connectivity index (χ4n) is 2.72. The number of carboxylic acid groups (broad SMARTS) is 1. The predicted octanol–water partition coefficient (Wildman–Crippen LogP) is 2.90. The molecule has 0 saturated carbocycles. The van der Waals surface area contributed by atoms with Crippen LogP contribution in [0, 0.1) is 9.39 Å². The maximum Gasteiger partial charge on any atom is 0.329 e. The summed E-state index contributed by atoms with van der Waals surface area (Å²) >= 11 is 1.89. The van der Waals surface area contributed by atoms with E-state index in [0.717, 1.165) is 0 Å². The summed E-state index contributed by atoms with van der Waals surface area (Å²) in [4.78, 5) is 25.6. The topological polar surface area (TPSA) is 57.6 Å². The number of carbonyl (C=O) groups excluding carboxylic acids is 1. The predicted molar refractivity (Wildman–Crippen MR) is 80.0 cm³/mol. The van der Waals surface area contributed by atoms with Crippen molar-refractivity contribution in [2.75, 3.05) is 6.54 Å². The second kappa shape index (κ2) is 5.67. The Kier molecular flexibility index (Phi) is 4.31. The zero-order valence-electron chi connectivity index (χ0n) is 11.0. The van der Waals surface area contributed by atoms with E-state index in [0.29, 0.717) is 34.9 Å². The van der Waals surface area contributed by atoms with Gasteiger partial charge in [0.05, 0.1) is 5.56 Å². The lowest BCUT2D eigenvalue weighted by Gasteiger charge is -2.34. The lowest BCUT2D eigenvalue weighted by Crippen LogP contribution is -2.52. The summed E-state index contributed by atoms with van der Waals surface area (Å²) in [5.41, 5.74) is -0.776. The van der Waals surface area contributed by atoms with E-state index >= 15 is 0 Å². The highest BCUT2D eigenvalue weighted by atomic mass is 127. The molecule has 20 heavy (non-hydrogen) atoms. The van der Waals surface area contributed by atoms with Crippen LogP contribution in [-0.2, 0) is 4.79 Å². The Morgan fingerprint density at radius 1 is 1.50 bits per heavy atom. The van der Waals surface area contributed by atoms with E-state index in [-0.39, 0.29) is 5.91 Å². The number of halogens is 2. The number of likely N-dealkylation sites (tertiary alicyclic amines) is 1. The fraction of sp³-hybridized carbons (Fsp3) is 0.429. The number of amides is 1. The standard InChI is InChI=1S/C14H15FINO3/c1-2-14(13(19)20)6-3-7-17(14)12(18)10-5-4-9(15)8-11(10)16/h4-5,8H,2-3,6-7H2,1H3,(H,19,20). The Balaban J connectivity index is 2.39. The first-order valence-corrected chi connectivity index (χ1v) is 7.50. The number of nitrogens with zero attached hydrogens (tertiary/aromatic N) is 1. The van der Waals surface area contributed by atoms with E-state index in [4.69, 9.17) is 0 Å². The first kappa shape index (κ1) is 15.2. The highest BCUT2D eigenvalue weighted by Gasteiger charge is 2.48. The van der Waals surface area contributed by atoms with Gasteiger partial charge in [-0.1, -0.05) is 6.92 Å². The molecule has 4 nitrogen and oxygen atoms in total. The Morgan fingerprint density at radius 2 is 2.20 bits per heavy atom. The molecule has 1 heterocycles. The van der Waals surface area contributed by atoms with Gasteiger partial charge in [-0.25, -0.2) is 9.18 Å². The minimum atomic E-state index is -1.13. The van der Waals surface area contributed by atoms with Crippen LogP contribution >= 0.6 is 22.6 Å². The third-order valence-electron chi connectivity index (χ3n) is 3.88. The van der Waals surface area contributed by atoms with Gasteiger partial charge >= 0.3 is 5.97 Å². The molecule has 108 valence electrons. The molecule has 2 rings (SSSR count). The van der Waals surface area contributed by atoms with Crippen LogP contribution in [0.4, 0.5) is 4.39 Å². The number of carbonyl (C=O) groups is 2. The Labute approximate surface area is 130 Å². The molecular formula is C14H15FINO3. The molecule has 0 aromatic heterocycles. The fourth-order valence-corrected chi connectivity index (χ4v) is 3.43. The number of benzene rings is 1. The largest absolute Gasteiger partial charge is 0.479 e. The summed E-state index contributed by atoms with van der Waals surface area (Å²) in [6.07, 6.45) is 1.50. The van der Waals surface area contributed by atoms with E-state index in [1.807, 2.05) is 22.6 Å². The molecule has 1 unspecified atom stereocenters. The molecule has 0 aliphatic carbocycles. The molecule has 1 aliphatic heterocycles. The smallest absolute Gasteiger partial charge is 0.329 e. The van der Waals surface area contributed by atoms with Gasteiger partial charge in [-0.3, -0.25) is 4.79 Å². The second-order valence-electron chi connectivity index (χ2n) is 4.87. The summed E-state index contributed by atoms with van der Waals surface area (Å²) in [5, 5.41) is 9.49. The Bertz CT molecular complexity index is 563. The monoisotopic (exact) mass is 391 g/mol. The number of aliphatic carboxylic acids is 1. The molecule has 1 fully saturated rings. The van der Waals surface area contributed by atoms with Gasteiger partial charge in [0, 0.05) is 10.1 Å². The number of rotatable bonds is 3. The van der Waals surface area contributed by atoms with Gasteiger partial charge < -0.3 is 10.0 Å².